The first-order valence-corrected chi connectivity index (χ1v) is 7.16. The smallest absolute Gasteiger partial charge is 0.240 e. The Kier molecular flexibility index (Phi) is 3.46. The number of anilines is 1. The monoisotopic (exact) mass is 276 g/mol. The van der Waals surface area contributed by atoms with Crippen molar-refractivity contribution in [1.29, 1.82) is 0 Å². The van der Waals surface area contributed by atoms with Crippen LogP contribution >= 0.6 is 11.3 Å². The van der Waals surface area contributed by atoms with Crippen molar-refractivity contribution >= 4 is 32.6 Å². The van der Waals surface area contributed by atoms with E-state index in [2.05, 4.69) is 15.2 Å². The minimum Gasteiger partial charge on any atom is -0.326 e. The van der Waals surface area contributed by atoms with Crippen LogP contribution in [-0.2, 0) is 4.79 Å². The summed E-state index contributed by atoms with van der Waals surface area (Å²) in [5.74, 6) is -0.0202. The van der Waals surface area contributed by atoms with Crippen molar-refractivity contribution in [2.45, 2.75) is 12.5 Å². The summed E-state index contributed by atoms with van der Waals surface area (Å²) in [5, 5.41) is 3.52. The van der Waals surface area contributed by atoms with Crippen molar-refractivity contribution in [2.75, 3.05) is 25.0 Å². The van der Waals surface area contributed by atoms with Crippen molar-refractivity contribution in [3.63, 3.8) is 0 Å². The third-order valence-electron chi connectivity index (χ3n) is 3.22. The van der Waals surface area contributed by atoms with E-state index in [9.17, 15) is 4.79 Å². The maximum Gasteiger partial charge on any atom is 0.240 e. The molecule has 1 atom stereocenters. The average Bonchev–Trinajstić information content (AvgIpc) is 2.94. The number of carbonyl (C=O) groups is 1. The summed E-state index contributed by atoms with van der Waals surface area (Å²) in [6.07, 6.45) is 0.967. The molecule has 0 aliphatic carbocycles. The van der Waals surface area contributed by atoms with Gasteiger partial charge in [-0.3, -0.25) is 9.69 Å². The molecule has 1 aliphatic heterocycles. The number of fused-ring (bicyclic) bond motifs is 1. The molecule has 0 unspecified atom stereocenters. The number of hydrogen-bond acceptors (Lipinski definition) is 5. The summed E-state index contributed by atoms with van der Waals surface area (Å²) in [6.45, 7) is 2.09. The molecule has 2 aromatic rings. The highest BCUT2D eigenvalue weighted by molar-refractivity contribution is 7.22. The van der Waals surface area contributed by atoms with Crippen LogP contribution in [-0.4, -0.2) is 41.5 Å². The first kappa shape index (κ1) is 12.5. The molecular weight excluding hydrogens is 260 g/mol. The molecule has 1 saturated heterocycles. The molecule has 2 heterocycles. The molecular formula is C13H16N4OS. The van der Waals surface area contributed by atoms with Gasteiger partial charge in [0.2, 0.25) is 5.91 Å². The fraction of sp³-hybridized carbons (Fsp3) is 0.385. The van der Waals surface area contributed by atoms with E-state index in [-0.39, 0.29) is 11.9 Å². The lowest BCUT2D eigenvalue weighted by atomic mass is 10.3. The van der Waals surface area contributed by atoms with Crippen LogP contribution in [0.15, 0.2) is 24.3 Å². The van der Waals surface area contributed by atoms with Crippen molar-refractivity contribution in [1.82, 2.24) is 9.88 Å². The quantitative estimate of drug-likeness (QED) is 0.885. The normalized spacial score (nSPS) is 19.9. The lowest BCUT2D eigenvalue weighted by Crippen LogP contribution is -2.33. The van der Waals surface area contributed by atoms with Gasteiger partial charge in [0.25, 0.3) is 0 Å². The third-order valence-corrected chi connectivity index (χ3v) is 4.17. The van der Waals surface area contributed by atoms with E-state index in [1.165, 1.54) is 11.3 Å². The molecule has 1 amide bonds. The molecule has 3 rings (SSSR count). The summed E-state index contributed by atoms with van der Waals surface area (Å²) >= 11 is 1.50. The lowest BCUT2D eigenvalue weighted by molar-refractivity contribution is -0.117. The van der Waals surface area contributed by atoms with Crippen molar-refractivity contribution in [2.24, 2.45) is 5.73 Å². The number of nitrogens with two attached hydrogens (primary N) is 1. The van der Waals surface area contributed by atoms with Gasteiger partial charge in [-0.05, 0) is 18.6 Å². The molecule has 0 bridgehead atoms. The Morgan fingerprint density at radius 3 is 3.11 bits per heavy atom. The number of benzene rings is 1. The number of nitrogens with one attached hydrogen (secondary N) is 1. The Morgan fingerprint density at radius 1 is 1.53 bits per heavy atom. The SMILES string of the molecule is N[C@@H]1CCN(CC(=O)Nc2nc3ccccc3s2)C1. The van der Waals surface area contributed by atoms with Crippen molar-refractivity contribution < 1.29 is 4.79 Å². The van der Waals surface area contributed by atoms with Crippen molar-refractivity contribution in [3.8, 4) is 0 Å². The average molecular weight is 276 g/mol. The maximum atomic E-state index is 11.9. The molecule has 0 spiro atoms. The Balaban J connectivity index is 1.62. The molecule has 6 heteroatoms. The molecule has 1 fully saturated rings. The topological polar surface area (TPSA) is 71.2 Å². The predicted molar refractivity (Wildman–Crippen MR) is 77.3 cm³/mol. The van der Waals surface area contributed by atoms with E-state index >= 15 is 0 Å². The van der Waals surface area contributed by atoms with E-state index in [0.29, 0.717) is 11.7 Å². The maximum absolute atomic E-state index is 11.9. The highest BCUT2D eigenvalue weighted by Crippen LogP contribution is 2.25. The molecule has 100 valence electrons. The van der Waals surface area contributed by atoms with Crippen LogP contribution in [0.2, 0.25) is 0 Å². The summed E-state index contributed by atoms with van der Waals surface area (Å²) in [6, 6.07) is 8.07. The molecule has 0 saturated carbocycles. The zero-order valence-electron chi connectivity index (χ0n) is 10.5. The first-order chi connectivity index (χ1) is 9.20. The van der Waals surface area contributed by atoms with Crippen LogP contribution in [0.25, 0.3) is 10.2 Å². The van der Waals surface area contributed by atoms with Gasteiger partial charge in [-0.25, -0.2) is 4.98 Å². The van der Waals surface area contributed by atoms with Crippen LogP contribution in [0.5, 0.6) is 0 Å². The molecule has 5 nitrogen and oxygen atoms in total. The van der Waals surface area contributed by atoms with Crippen molar-refractivity contribution in [3.05, 3.63) is 24.3 Å². The largest absolute Gasteiger partial charge is 0.326 e. The lowest BCUT2D eigenvalue weighted by Gasteiger charge is -2.13. The van der Waals surface area contributed by atoms with Gasteiger partial charge >= 0.3 is 0 Å². The molecule has 1 aliphatic rings. The molecule has 1 aromatic heterocycles. The number of nitrogens with zero attached hydrogens (tertiary/aromatic N) is 2. The zero-order valence-corrected chi connectivity index (χ0v) is 11.3. The van der Waals surface area contributed by atoms with Crippen LogP contribution < -0.4 is 11.1 Å². The Morgan fingerprint density at radius 2 is 2.37 bits per heavy atom. The predicted octanol–water partition coefficient (Wildman–Crippen LogP) is 1.27. The van der Waals surface area contributed by atoms with E-state index in [1.807, 2.05) is 24.3 Å². The Hall–Kier alpha value is -1.50. The Labute approximate surface area is 115 Å². The van der Waals surface area contributed by atoms with Gasteiger partial charge < -0.3 is 11.1 Å². The number of rotatable bonds is 3. The second-order valence-electron chi connectivity index (χ2n) is 4.82. The van der Waals surface area contributed by atoms with E-state index in [1.54, 1.807) is 0 Å². The van der Waals surface area contributed by atoms with Gasteiger partial charge in [0, 0.05) is 19.1 Å². The summed E-state index contributed by atoms with van der Waals surface area (Å²) in [4.78, 5) is 18.4. The second-order valence-corrected chi connectivity index (χ2v) is 5.85. The van der Waals surface area contributed by atoms with E-state index in [0.717, 1.165) is 29.7 Å². The number of aromatic nitrogens is 1. The Bertz CT molecular complexity index is 564. The van der Waals surface area contributed by atoms with Gasteiger partial charge in [-0.15, -0.1) is 0 Å². The number of amides is 1. The molecule has 1 aromatic carbocycles. The number of para-hydroxylation sites is 1. The van der Waals surface area contributed by atoms with Gasteiger partial charge in [0.1, 0.15) is 0 Å². The number of likely N-dealkylation sites (tertiary alicyclic amines) is 1. The zero-order chi connectivity index (χ0) is 13.2. The van der Waals surface area contributed by atoms with E-state index in [4.69, 9.17) is 5.73 Å². The van der Waals surface area contributed by atoms with Crippen LogP contribution in [0.3, 0.4) is 0 Å². The number of carbonyl (C=O) groups excluding carboxylic acids is 1. The first-order valence-electron chi connectivity index (χ1n) is 6.34. The minimum atomic E-state index is -0.0202. The molecule has 3 N–H and O–H groups in total. The third kappa shape index (κ3) is 2.91. The highest BCUT2D eigenvalue weighted by atomic mass is 32.1. The number of thiazole rings is 1. The van der Waals surface area contributed by atoms with Gasteiger partial charge in [0.15, 0.2) is 5.13 Å². The fourth-order valence-corrected chi connectivity index (χ4v) is 3.18. The fourth-order valence-electron chi connectivity index (χ4n) is 2.29. The van der Waals surface area contributed by atoms with Crippen LogP contribution in [0.1, 0.15) is 6.42 Å². The van der Waals surface area contributed by atoms with Gasteiger partial charge in [-0.2, -0.15) is 0 Å². The highest BCUT2D eigenvalue weighted by Gasteiger charge is 2.21. The summed E-state index contributed by atoms with van der Waals surface area (Å²) < 4.78 is 1.08. The van der Waals surface area contributed by atoms with Gasteiger partial charge in [0.05, 0.1) is 16.8 Å². The van der Waals surface area contributed by atoms with Gasteiger partial charge in [-0.1, -0.05) is 23.5 Å². The van der Waals surface area contributed by atoms with Crippen LogP contribution in [0, 0.1) is 0 Å². The standard InChI is InChI=1S/C13H16N4OS/c14-9-5-6-17(7-9)8-12(18)16-13-15-10-3-1-2-4-11(10)19-13/h1-4,9H,5-8,14H2,(H,15,16,18)/t9-/m1/s1. The summed E-state index contributed by atoms with van der Waals surface area (Å²) in [7, 11) is 0. The summed E-state index contributed by atoms with van der Waals surface area (Å²) in [5.41, 5.74) is 6.74. The number of hydrogen-bond donors (Lipinski definition) is 2. The second kappa shape index (κ2) is 5.24. The molecule has 0 radical (unpaired) electrons. The van der Waals surface area contributed by atoms with Crippen LogP contribution in [0.4, 0.5) is 5.13 Å². The molecule has 19 heavy (non-hydrogen) atoms. The minimum absolute atomic E-state index is 0.0202. The van der Waals surface area contributed by atoms with E-state index < -0.39 is 0 Å².